The number of nitro benzene ring substituents is 1. The van der Waals surface area contributed by atoms with Crippen LogP contribution in [0.1, 0.15) is 31.7 Å². The molecule has 29 heavy (non-hydrogen) atoms. The van der Waals surface area contributed by atoms with E-state index in [1.54, 1.807) is 0 Å². The van der Waals surface area contributed by atoms with Gasteiger partial charge in [-0.3, -0.25) is 14.9 Å². The van der Waals surface area contributed by atoms with Crippen molar-refractivity contribution in [1.29, 1.82) is 0 Å². The van der Waals surface area contributed by atoms with E-state index in [1.165, 1.54) is 31.2 Å². The van der Waals surface area contributed by atoms with Gasteiger partial charge in [0.05, 0.1) is 4.92 Å². The molecule has 8 nitrogen and oxygen atoms in total. The number of benzene rings is 2. The Labute approximate surface area is 169 Å². The van der Waals surface area contributed by atoms with Crippen LogP contribution in [0.4, 0.5) is 5.69 Å². The van der Waals surface area contributed by atoms with Crippen molar-refractivity contribution in [2.24, 2.45) is 0 Å². The lowest BCUT2D eigenvalue weighted by Crippen LogP contribution is -2.38. The SMILES string of the molecule is CC[C@H](CNC(=O)[C@H](C)OC(=O)COc1ccc([N+](=O)[O-])cc1)c1ccccc1. The Kier molecular flexibility index (Phi) is 8.14. The van der Waals surface area contributed by atoms with Gasteiger partial charge in [0.25, 0.3) is 11.6 Å². The van der Waals surface area contributed by atoms with E-state index in [9.17, 15) is 19.7 Å². The number of esters is 1. The third-order valence-corrected chi connectivity index (χ3v) is 4.37. The molecular weight excluding hydrogens is 376 g/mol. The second-order valence-corrected chi connectivity index (χ2v) is 6.43. The van der Waals surface area contributed by atoms with Gasteiger partial charge in [0, 0.05) is 24.6 Å². The van der Waals surface area contributed by atoms with Crippen molar-refractivity contribution < 1.29 is 24.0 Å². The molecule has 0 spiro atoms. The summed E-state index contributed by atoms with van der Waals surface area (Å²) in [4.78, 5) is 34.2. The molecule has 0 aliphatic heterocycles. The van der Waals surface area contributed by atoms with Crippen LogP contribution in [-0.2, 0) is 14.3 Å². The Morgan fingerprint density at radius 3 is 2.34 bits per heavy atom. The zero-order valence-corrected chi connectivity index (χ0v) is 16.4. The van der Waals surface area contributed by atoms with Crippen molar-refractivity contribution in [2.45, 2.75) is 32.3 Å². The van der Waals surface area contributed by atoms with Gasteiger partial charge in [-0.15, -0.1) is 0 Å². The minimum Gasteiger partial charge on any atom is -0.482 e. The van der Waals surface area contributed by atoms with E-state index in [0.29, 0.717) is 12.3 Å². The summed E-state index contributed by atoms with van der Waals surface area (Å²) in [6.45, 7) is 3.57. The summed E-state index contributed by atoms with van der Waals surface area (Å²) >= 11 is 0. The lowest BCUT2D eigenvalue weighted by molar-refractivity contribution is -0.384. The van der Waals surface area contributed by atoms with Crippen molar-refractivity contribution in [3.8, 4) is 5.75 Å². The summed E-state index contributed by atoms with van der Waals surface area (Å²) in [5, 5.41) is 13.4. The monoisotopic (exact) mass is 400 g/mol. The first-order valence-electron chi connectivity index (χ1n) is 9.30. The number of carbonyl (C=O) groups excluding carboxylic acids is 2. The molecule has 2 rings (SSSR count). The molecule has 0 saturated heterocycles. The second kappa shape index (κ2) is 10.8. The first-order chi connectivity index (χ1) is 13.9. The molecule has 0 unspecified atom stereocenters. The predicted octanol–water partition coefficient (Wildman–Crippen LogP) is 3.22. The Morgan fingerprint density at radius 1 is 1.10 bits per heavy atom. The Hall–Kier alpha value is -3.42. The van der Waals surface area contributed by atoms with Gasteiger partial charge in [-0.1, -0.05) is 37.3 Å². The summed E-state index contributed by atoms with van der Waals surface area (Å²) in [5.41, 5.74) is 1.06. The maximum atomic E-state index is 12.2. The molecule has 2 atom stereocenters. The van der Waals surface area contributed by atoms with Crippen LogP contribution in [0, 0.1) is 10.1 Å². The minimum absolute atomic E-state index is 0.0777. The zero-order valence-electron chi connectivity index (χ0n) is 16.4. The van der Waals surface area contributed by atoms with Crippen LogP contribution in [0.25, 0.3) is 0 Å². The largest absolute Gasteiger partial charge is 0.482 e. The normalized spacial score (nSPS) is 12.5. The van der Waals surface area contributed by atoms with Crippen molar-refractivity contribution in [2.75, 3.05) is 13.2 Å². The zero-order chi connectivity index (χ0) is 21.2. The number of carbonyl (C=O) groups is 2. The van der Waals surface area contributed by atoms with E-state index in [0.717, 1.165) is 12.0 Å². The number of ether oxygens (including phenoxy) is 2. The minimum atomic E-state index is -0.962. The van der Waals surface area contributed by atoms with Crippen LogP contribution in [0.5, 0.6) is 5.75 Å². The van der Waals surface area contributed by atoms with Gasteiger partial charge in [0.15, 0.2) is 12.7 Å². The summed E-state index contributed by atoms with van der Waals surface area (Å²) in [6, 6.07) is 15.2. The van der Waals surface area contributed by atoms with Crippen molar-refractivity contribution >= 4 is 17.6 Å². The number of nitrogens with one attached hydrogen (secondary N) is 1. The topological polar surface area (TPSA) is 108 Å². The maximum Gasteiger partial charge on any atom is 0.344 e. The molecule has 0 aliphatic carbocycles. The van der Waals surface area contributed by atoms with E-state index in [-0.39, 0.29) is 17.5 Å². The van der Waals surface area contributed by atoms with Gasteiger partial charge in [-0.05, 0) is 31.0 Å². The molecule has 1 amide bonds. The van der Waals surface area contributed by atoms with E-state index < -0.39 is 23.6 Å². The number of amides is 1. The van der Waals surface area contributed by atoms with Crippen molar-refractivity contribution in [3.63, 3.8) is 0 Å². The number of nitro groups is 1. The quantitative estimate of drug-likeness (QED) is 0.373. The molecule has 8 heteroatoms. The fourth-order valence-corrected chi connectivity index (χ4v) is 2.68. The second-order valence-electron chi connectivity index (χ2n) is 6.43. The first-order valence-corrected chi connectivity index (χ1v) is 9.30. The lowest BCUT2D eigenvalue weighted by atomic mass is 9.96. The van der Waals surface area contributed by atoms with Crippen molar-refractivity contribution in [1.82, 2.24) is 5.32 Å². The molecule has 0 radical (unpaired) electrons. The van der Waals surface area contributed by atoms with Crippen LogP contribution < -0.4 is 10.1 Å². The molecule has 0 bridgehead atoms. The summed E-state index contributed by atoms with van der Waals surface area (Å²) in [5.74, 6) is -0.629. The molecule has 2 aromatic carbocycles. The highest BCUT2D eigenvalue weighted by molar-refractivity contribution is 5.83. The molecule has 0 fully saturated rings. The number of rotatable bonds is 10. The van der Waals surface area contributed by atoms with Crippen LogP contribution in [0.2, 0.25) is 0 Å². The van der Waals surface area contributed by atoms with Gasteiger partial charge < -0.3 is 14.8 Å². The average Bonchev–Trinajstić information content (AvgIpc) is 2.73. The summed E-state index contributed by atoms with van der Waals surface area (Å²) < 4.78 is 10.3. The Balaban J connectivity index is 1.76. The third kappa shape index (κ3) is 6.91. The Morgan fingerprint density at radius 2 is 1.76 bits per heavy atom. The highest BCUT2D eigenvalue weighted by Crippen LogP contribution is 2.18. The molecule has 0 aromatic heterocycles. The first kappa shape index (κ1) is 21.9. The van der Waals surface area contributed by atoms with Gasteiger partial charge in [0.1, 0.15) is 5.75 Å². The van der Waals surface area contributed by atoms with E-state index >= 15 is 0 Å². The number of nitrogens with zero attached hydrogens (tertiary/aromatic N) is 1. The molecule has 0 heterocycles. The third-order valence-electron chi connectivity index (χ3n) is 4.37. The summed E-state index contributed by atoms with van der Waals surface area (Å²) in [6.07, 6.45) is -0.0992. The smallest absolute Gasteiger partial charge is 0.344 e. The molecule has 2 aromatic rings. The van der Waals surface area contributed by atoms with Crippen LogP contribution in [0.3, 0.4) is 0 Å². The van der Waals surface area contributed by atoms with E-state index in [1.807, 2.05) is 37.3 Å². The van der Waals surface area contributed by atoms with Crippen LogP contribution in [-0.4, -0.2) is 36.1 Å². The number of non-ortho nitro benzene ring substituents is 1. The van der Waals surface area contributed by atoms with Gasteiger partial charge in [0.2, 0.25) is 0 Å². The molecule has 1 N–H and O–H groups in total. The average molecular weight is 400 g/mol. The van der Waals surface area contributed by atoms with Crippen LogP contribution >= 0.6 is 0 Å². The lowest BCUT2D eigenvalue weighted by Gasteiger charge is -2.18. The number of hydrogen-bond donors (Lipinski definition) is 1. The number of hydrogen-bond acceptors (Lipinski definition) is 6. The summed E-state index contributed by atoms with van der Waals surface area (Å²) in [7, 11) is 0. The van der Waals surface area contributed by atoms with Gasteiger partial charge in [-0.25, -0.2) is 4.79 Å². The fraction of sp³-hybridized carbons (Fsp3) is 0.333. The van der Waals surface area contributed by atoms with E-state index in [2.05, 4.69) is 5.32 Å². The van der Waals surface area contributed by atoms with E-state index in [4.69, 9.17) is 9.47 Å². The maximum absolute atomic E-state index is 12.2. The van der Waals surface area contributed by atoms with Crippen molar-refractivity contribution in [3.05, 3.63) is 70.3 Å². The predicted molar refractivity (Wildman–Crippen MR) is 107 cm³/mol. The molecule has 154 valence electrons. The van der Waals surface area contributed by atoms with Crippen LogP contribution in [0.15, 0.2) is 54.6 Å². The molecular formula is C21H24N2O6. The Bertz CT molecular complexity index is 823. The van der Waals surface area contributed by atoms with Gasteiger partial charge in [-0.2, -0.15) is 0 Å². The standard InChI is InChI=1S/C21H24N2O6/c1-3-16(17-7-5-4-6-8-17)13-22-21(25)15(2)29-20(24)14-28-19-11-9-18(10-12-19)23(26)27/h4-12,15-16H,3,13-14H2,1-2H3,(H,22,25)/t15-,16+/m0/s1. The molecule has 0 aliphatic rings. The highest BCUT2D eigenvalue weighted by Gasteiger charge is 2.19. The van der Waals surface area contributed by atoms with Gasteiger partial charge >= 0.3 is 5.97 Å². The fourth-order valence-electron chi connectivity index (χ4n) is 2.68. The highest BCUT2D eigenvalue weighted by atomic mass is 16.6. The molecule has 0 saturated carbocycles.